The minimum atomic E-state index is -1.27. The van der Waals surface area contributed by atoms with Crippen LogP contribution in [0.25, 0.3) is 22.0 Å². The van der Waals surface area contributed by atoms with Crippen molar-refractivity contribution in [3.63, 3.8) is 0 Å². The van der Waals surface area contributed by atoms with E-state index in [4.69, 9.17) is 24.4 Å². The number of hydrogen-bond acceptors (Lipinski definition) is 11. The van der Waals surface area contributed by atoms with Crippen molar-refractivity contribution in [2.75, 3.05) is 20.3 Å². The highest BCUT2D eigenvalue weighted by molar-refractivity contribution is 7.13. The Labute approximate surface area is 301 Å². The van der Waals surface area contributed by atoms with E-state index >= 15 is 0 Å². The highest BCUT2D eigenvalue weighted by Gasteiger charge is 2.62. The van der Waals surface area contributed by atoms with E-state index in [1.165, 1.54) is 21.0 Å². The van der Waals surface area contributed by atoms with Gasteiger partial charge in [-0.1, -0.05) is 26.8 Å². The topological polar surface area (TPSA) is 167 Å². The second kappa shape index (κ2) is 14.4. The molecule has 3 aromatic rings. The van der Waals surface area contributed by atoms with E-state index in [9.17, 15) is 19.2 Å². The third kappa shape index (κ3) is 8.08. The van der Waals surface area contributed by atoms with Crippen molar-refractivity contribution in [3.8, 4) is 27.7 Å². The van der Waals surface area contributed by atoms with Gasteiger partial charge in [-0.25, -0.2) is 14.6 Å². The summed E-state index contributed by atoms with van der Waals surface area (Å²) in [6.45, 7) is 16.4. The van der Waals surface area contributed by atoms with Crippen molar-refractivity contribution in [3.05, 3.63) is 48.5 Å². The number of methoxy groups -OCH3 is 1. The molecule has 5 rings (SSSR count). The number of ether oxygens (including phenoxy) is 3. The molecule has 0 radical (unpaired) electrons. The van der Waals surface area contributed by atoms with E-state index in [-0.39, 0.29) is 25.5 Å². The number of nitrogens with zero attached hydrogens (tertiary/aromatic N) is 5. The van der Waals surface area contributed by atoms with Crippen LogP contribution in [-0.4, -0.2) is 92.2 Å². The van der Waals surface area contributed by atoms with Crippen LogP contribution < -0.4 is 15.4 Å². The van der Waals surface area contributed by atoms with E-state index in [1.54, 1.807) is 47.1 Å². The van der Waals surface area contributed by atoms with Gasteiger partial charge in [-0.2, -0.15) is 9.90 Å². The molecular weight excluding hydrogens is 675 g/mol. The maximum atomic E-state index is 14.6. The molecule has 2 aromatic heterocycles. The molecule has 3 heterocycles. The zero-order valence-corrected chi connectivity index (χ0v) is 31.2. The van der Waals surface area contributed by atoms with Crippen LogP contribution in [0.1, 0.15) is 67.3 Å². The number of likely N-dealkylation sites (tertiary alicyclic amines) is 1. The summed E-state index contributed by atoms with van der Waals surface area (Å²) in [5.41, 5.74) is -0.940. The van der Waals surface area contributed by atoms with E-state index in [1.807, 2.05) is 50.4 Å². The smallest absolute Gasteiger partial charge is 0.408 e. The Morgan fingerprint density at radius 3 is 2.33 bits per heavy atom. The van der Waals surface area contributed by atoms with Crippen molar-refractivity contribution in [1.29, 1.82) is 0 Å². The molecule has 5 atom stereocenters. The summed E-state index contributed by atoms with van der Waals surface area (Å²) in [6, 6.07) is 4.76. The number of alkyl carbamates (subject to hydrolysis) is 1. The van der Waals surface area contributed by atoms with Gasteiger partial charge in [-0.05, 0) is 63.8 Å². The molecule has 1 aliphatic heterocycles. The van der Waals surface area contributed by atoms with Crippen molar-refractivity contribution < 1.29 is 33.4 Å². The number of nitrogens with one attached hydrogen (secondary N) is 2. The first-order valence-corrected chi connectivity index (χ1v) is 17.8. The van der Waals surface area contributed by atoms with Crippen molar-refractivity contribution in [2.45, 2.75) is 90.6 Å². The second-order valence-corrected chi connectivity index (χ2v) is 15.7. The van der Waals surface area contributed by atoms with E-state index in [0.29, 0.717) is 28.6 Å². The molecule has 1 saturated heterocycles. The van der Waals surface area contributed by atoms with Gasteiger partial charge in [0, 0.05) is 36.0 Å². The fraction of sp³-hybridized carbons (Fsp3) is 0.528. The minimum absolute atomic E-state index is 0.0465. The van der Waals surface area contributed by atoms with Gasteiger partial charge < -0.3 is 29.7 Å². The monoisotopic (exact) mass is 721 g/mol. The van der Waals surface area contributed by atoms with E-state index in [2.05, 4.69) is 22.2 Å². The molecule has 2 fully saturated rings. The third-order valence-corrected chi connectivity index (χ3v) is 9.66. The molecule has 1 saturated carbocycles. The highest BCUT2D eigenvalue weighted by atomic mass is 32.1. The maximum absolute atomic E-state index is 14.6. The normalized spacial score (nSPS) is 22.1. The number of carbonyl (C=O) groups is 4. The molecule has 2 N–H and O–H groups in total. The van der Waals surface area contributed by atoms with Crippen LogP contribution in [0.5, 0.6) is 5.75 Å². The Morgan fingerprint density at radius 1 is 1.10 bits per heavy atom. The SMILES string of the molecule is C=C[C@@H]1C[C@]1(NC(=O)[C@@H]1CC(n2nc(-c3ccc(OC)cc3)c(-c3nccs3)n2)CN1C(=O)[C@@H](NC(=O)OC(C)(C)C)C(C)(C)C)C(=O)OCC. The quantitative estimate of drug-likeness (QED) is 0.208. The van der Waals surface area contributed by atoms with Gasteiger partial charge in [-0.3, -0.25) is 9.59 Å². The van der Waals surface area contributed by atoms with Gasteiger partial charge in [0.1, 0.15) is 45.4 Å². The van der Waals surface area contributed by atoms with E-state index < -0.39 is 58.6 Å². The molecule has 2 aliphatic rings. The summed E-state index contributed by atoms with van der Waals surface area (Å²) in [5, 5.41) is 17.9. The molecule has 274 valence electrons. The third-order valence-electron chi connectivity index (χ3n) is 8.88. The molecular formula is C36H47N7O7S. The van der Waals surface area contributed by atoms with Gasteiger partial charge in [0.15, 0.2) is 0 Å². The van der Waals surface area contributed by atoms with Crippen LogP contribution in [0.15, 0.2) is 48.5 Å². The Bertz CT molecular complexity index is 1760. The van der Waals surface area contributed by atoms with Crippen LogP contribution in [-0.2, 0) is 23.9 Å². The second-order valence-electron chi connectivity index (χ2n) is 14.9. The van der Waals surface area contributed by atoms with Crippen LogP contribution in [0.2, 0.25) is 0 Å². The van der Waals surface area contributed by atoms with Gasteiger partial charge in [-0.15, -0.1) is 23.0 Å². The first-order chi connectivity index (χ1) is 24.0. The van der Waals surface area contributed by atoms with Crippen LogP contribution in [0, 0.1) is 11.3 Å². The van der Waals surface area contributed by atoms with Crippen LogP contribution in [0.4, 0.5) is 4.79 Å². The largest absolute Gasteiger partial charge is 0.497 e. The highest BCUT2D eigenvalue weighted by Crippen LogP contribution is 2.46. The molecule has 15 heteroatoms. The van der Waals surface area contributed by atoms with Gasteiger partial charge in [0.05, 0.1) is 19.8 Å². The van der Waals surface area contributed by atoms with Gasteiger partial charge >= 0.3 is 12.1 Å². The molecule has 0 bridgehead atoms. The number of thiazole rings is 1. The van der Waals surface area contributed by atoms with Crippen molar-refractivity contribution in [1.82, 2.24) is 35.5 Å². The average Bonchev–Trinajstić information content (AvgIpc) is 3.51. The standard InChI is InChI=1S/C36H47N7O7S/c1-10-22-19-36(22,32(46)49-11-2)39-29(44)25-18-23(20-42(25)31(45)28(34(3,4)5)38-33(47)50-35(6,7)8)43-40-26(21-12-14-24(48-9)15-13-21)27(41-43)30-37-16-17-51-30/h10,12-17,22-23,25,28H,1,11,18-20H2,2-9H3,(H,38,47)(H,39,44)/t22-,23?,25+,28-,36-/m1/s1. The number of rotatable bonds is 11. The molecule has 1 aliphatic carbocycles. The number of amides is 3. The summed E-state index contributed by atoms with van der Waals surface area (Å²) < 4.78 is 16.2. The lowest BCUT2D eigenvalue weighted by molar-refractivity contribution is -0.150. The predicted molar refractivity (Wildman–Crippen MR) is 191 cm³/mol. The first-order valence-electron chi connectivity index (χ1n) is 16.9. The van der Waals surface area contributed by atoms with Crippen LogP contribution >= 0.6 is 11.3 Å². The first kappa shape index (κ1) is 37.5. The summed E-state index contributed by atoms with van der Waals surface area (Å²) in [7, 11) is 1.59. The minimum Gasteiger partial charge on any atom is -0.497 e. The van der Waals surface area contributed by atoms with Crippen molar-refractivity contribution in [2.24, 2.45) is 11.3 Å². The fourth-order valence-corrected chi connectivity index (χ4v) is 6.81. The average molecular weight is 722 g/mol. The molecule has 1 aromatic carbocycles. The Hall–Kier alpha value is -4.79. The molecule has 0 spiro atoms. The number of esters is 1. The van der Waals surface area contributed by atoms with Crippen LogP contribution in [0.3, 0.4) is 0 Å². The predicted octanol–water partition coefficient (Wildman–Crippen LogP) is 4.78. The Morgan fingerprint density at radius 2 is 1.78 bits per heavy atom. The summed E-state index contributed by atoms with van der Waals surface area (Å²) in [5.74, 6) is -1.21. The van der Waals surface area contributed by atoms with E-state index in [0.717, 1.165) is 5.56 Å². The van der Waals surface area contributed by atoms with Gasteiger partial charge in [0.25, 0.3) is 0 Å². The number of aromatic nitrogens is 4. The van der Waals surface area contributed by atoms with Gasteiger partial charge in [0.2, 0.25) is 11.8 Å². The summed E-state index contributed by atoms with van der Waals surface area (Å²) >= 11 is 1.41. The van der Waals surface area contributed by atoms with Crippen molar-refractivity contribution >= 4 is 35.2 Å². The lowest BCUT2D eigenvalue weighted by atomic mass is 9.85. The summed E-state index contributed by atoms with van der Waals surface area (Å²) in [6.07, 6.45) is 3.01. The zero-order valence-electron chi connectivity index (χ0n) is 30.4. The summed E-state index contributed by atoms with van der Waals surface area (Å²) in [4.78, 5) is 62.3. The molecule has 14 nitrogen and oxygen atoms in total. The zero-order chi connectivity index (χ0) is 37.3. The number of benzene rings is 1. The number of hydrogen-bond donors (Lipinski definition) is 2. The lowest BCUT2D eigenvalue weighted by Crippen LogP contribution is -2.59. The lowest BCUT2D eigenvalue weighted by Gasteiger charge is -2.36. The maximum Gasteiger partial charge on any atom is 0.408 e. The molecule has 1 unspecified atom stereocenters. The Kier molecular flexibility index (Phi) is 10.6. The fourth-order valence-electron chi connectivity index (χ4n) is 6.19. The molecule has 51 heavy (non-hydrogen) atoms. The number of carbonyl (C=O) groups excluding carboxylic acids is 4. The Balaban J connectivity index is 1.52. The molecule has 3 amide bonds.